The Kier molecular flexibility index (Phi) is 2.35. The molecule has 0 N–H and O–H groups in total. The summed E-state index contributed by atoms with van der Waals surface area (Å²) in [5.41, 5.74) is -0.446. The van der Waals surface area contributed by atoms with E-state index in [-0.39, 0.29) is 41.4 Å². The van der Waals surface area contributed by atoms with Crippen LogP contribution in [0.2, 0.25) is 0 Å². The number of ether oxygens (including phenoxy) is 1. The van der Waals surface area contributed by atoms with Gasteiger partial charge in [-0.05, 0) is 73.3 Å². The van der Waals surface area contributed by atoms with Gasteiger partial charge in [0.05, 0.1) is 0 Å². The highest BCUT2D eigenvalue weighted by molar-refractivity contribution is 5.92. The van der Waals surface area contributed by atoms with Gasteiger partial charge in [-0.1, -0.05) is 26.0 Å². The number of ketones is 1. The summed E-state index contributed by atoms with van der Waals surface area (Å²) in [7, 11) is 0. The second-order valence-electron chi connectivity index (χ2n) is 9.12. The van der Waals surface area contributed by atoms with Crippen LogP contribution < -0.4 is 0 Å². The minimum Gasteiger partial charge on any atom is -0.458 e. The zero-order valence-corrected chi connectivity index (χ0v) is 14.9. The first-order chi connectivity index (χ1) is 13.3. The van der Waals surface area contributed by atoms with Gasteiger partial charge in [-0.15, -0.1) is 0 Å². The van der Waals surface area contributed by atoms with Crippen molar-refractivity contribution in [2.75, 3.05) is 0 Å². The average molecular weight is 344 g/mol. The zero-order valence-electron chi connectivity index (χ0n) is 18.9. The van der Waals surface area contributed by atoms with Crippen molar-refractivity contribution in [2.45, 2.75) is 70.7 Å². The van der Waals surface area contributed by atoms with Crippen molar-refractivity contribution in [1.82, 2.24) is 0 Å². The standard InChI is InChI=1S/C22H28O3/c1-20-9-5-15(23)13-14(20)3-4-16-17(20)6-10-21(2)18(16)7-11-22(21)12-8-19(24)25-22/h3-4,13,16-18H,5-12H2,1-2H3/t16-,17+,18+,20+,21+,22-/m1/s1/i5D2,8D2. The number of allylic oxidation sites excluding steroid dienone is 4. The van der Waals surface area contributed by atoms with Gasteiger partial charge in [0.25, 0.3) is 0 Å². The monoisotopic (exact) mass is 344 g/mol. The van der Waals surface area contributed by atoms with Gasteiger partial charge < -0.3 is 4.74 Å². The van der Waals surface area contributed by atoms with Crippen LogP contribution >= 0.6 is 0 Å². The molecule has 3 nitrogen and oxygen atoms in total. The van der Waals surface area contributed by atoms with Gasteiger partial charge in [0, 0.05) is 23.6 Å². The predicted octanol–water partition coefficient (Wildman–Crippen LogP) is 4.37. The molecule has 4 aliphatic carbocycles. The second-order valence-corrected chi connectivity index (χ2v) is 9.12. The molecule has 3 fully saturated rings. The maximum atomic E-state index is 12.2. The fourth-order valence-corrected chi connectivity index (χ4v) is 6.75. The fraction of sp³-hybridized carbons (Fsp3) is 0.727. The average Bonchev–Trinajstić information content (AvgIpc) is 3.01. The molecule has 0 bridgehead atoms. The number of fused-ring (bicyclic) bond motifs is 6. The molecule has 0 aromatic rings. The summed E-state index contributed by atoms with van der Waals surface area (Å²) >= 11 is 0. The molecular weight excluding hydrogens is 312 g/mol. The lowest BCUT2D eigenvalue weighted by atomic mass is 9.48. The summed E-state index contributed by atoms with van der Waals surface area (Å²) in [6.07, 6.45) is 5.58. The Balaban J connectivity index is 1.53. The summed E-state index contributed by atoms with van der Waals surface area (Å²) < 4.78 is 38.4. The Labute approximate surface area is 155 Å². The Hall–Kier alpha value is -1.38. The van der Waals surface area contributed by atoms with Gasteiger partial charge in [-0.3, -0.25) is 9.59 Å². The van der Waals surface area contributed by atoms with Crippen molar-refractivity contribution >= 4 is 11.8 Å². The van der Waals surface area contributed by atoms with Crippen LogP contribution in [0.1, 0.15) is 70.6 Å². The highest BCUT2D eigenvalue weighted by atomic mass is 16.6. The minimum absolute atomic E-state index is 0.131. The Morgan fingerprint density at radius 2 is 1.88 bits per heavy atom. The quantitative estimate of drug-likeness (QED) is 0.613. The molecule has 1 heterocycles. The molecule has 5 rings (SSSR count). The number of carbonyl (C=O) groups excluding carboxylic acids is 2. The molecule has 25 heavy (non-hydrogen) atoms. The van der Waals surface area contributed by atoms with E-state index in [0.717, 1.165) is 24.8 Å². The van der Waals surface area contributed by atoms with Gasteiger partial charge in [-0.2, -0.15) is 0 Å². The molecule has 1 saturated heterocycles. The third-order valence-electron chi connectivity index (χ3n) is 8.32. The maximum Gasteiger partial charge on any atom is 0.306 e. The molecule has 0 radical (unpaired) electrons. The molecule has 134 valence electrons. The number of esters is 1. The highest BCUT2D eigenvalue weighted by Crippen LogP contribution is 2.68. The Morgan fingerprint density at radius 3 is 2.64 bits per heavy atom. The van der Waals surface area contributed by atoms with Crippen LogP contribution in [0, 0.1) is 28.6 Å². The van der Waals surface area contributed by atoms with Gasteiger partial charge in [-0.25, -0.2) is 0 Å². The lowest BCUT2D eigenvalue weighted by Crippen LogP contribution is -2.53. The van der Waals surface area contributed by atoms with E-state index in [4.69, 9.17) is 10.2 Å². The smallest absolute Gasteiger partial charge is 0.306 e. The van der Waals surface area contributed by atoms with Crippen molar-refractivity contribution in [3.05, 3.63) is 23.8 Å². The lowest BCUT2D eigenvalue weighted by molar-refractivity contribution is -0.165. The number of hydrogen-bond acceptors (Lipinski definition) is 3. The molecule has 0 aromatic carbocycles. The van der Waals surface area contributed by atoms with E-state index in [0.29, 0.717) is 6.42 Å². The molecule has 0 amide bonds. The van der Waals surface area contributed by atoms with E-state index in [1.807, 2.05) is 6.08 Å². The van der Waals surface area contributed by atoms with Gasteiger partial charge >= 0.3 is 5.97 Å². The van der Waals surface area contributed by atoms with Crippen molar-refractivity contribution in [2.24, 2.45) is 28.6 Å². The number of rotatable bonds is 0. The highest BCUT2D eigenvalue weighted by Gasteiger charge is 2.66. The Morgan fingerprint density at radius 1 is 1.08 bits per heavy atom. The molecule has 6 atom stereocenters. The van der Waals surface area contributed by atoms with Crippen LogP contribution in [0.25, 0.3) is 0 Å². The molecule has 2 saturated carbocycles. The van der Waals surface area contributed by atoms with Gasteiger partial charge in [0.15, 0.2) is 5.78 Å². The normalized spacial score (nSPS) is 57.4. The van der Waals surface area contributed by atoms with Crippen LogP contribution in [0.5, 0.6) is 0 Å². The van der Waals surface area contributed by atoms with Crippen molar-refractivity contribution in [3.63, 3.8) is 0 Å². The first-order valence-electron chi connectivity index (χ1n) is 11.5. The first kappa shape index (κ1) is 12.1. The number of carbonyl (C=O) groups is 2. The van der Waals surface area contributed by atoms with E-state index in [1.54, 1.807) is 0 Å². The largest absolute Gasteiger partial charge is 0.458 e. The third-order valence-corrected chi connectivity index (χ3v) is 8.32. The SMILES string of the molecule is [2H]C1([2H])C[C@@]2(C)C(=CC1=O)C=C[C@@H]1[C@@H]2CC[C@@]2(C)[C@H]1CC[C@@]21CC([2H])([2H])C(=O)O1. The van der Waals surface area contributed by atoms with E-state index >= 15 is 0 Å². The van der Waals surface area contributed by atoms with Crippen molar-refractivity contribution in [1.29, 1.82) is 0 Å². The van der Waals surface area contributed by atoms with Crippen molar-refractivity contribution in [3.8, 4) is 0 Å². The first-order valence-corrected chi connectivity index (χ1v) is 9.53. The van der Waals surface area contributed by atoms with Crippen LogP contribution in [-0.4, -0.2) is 17.4 Å². The lowest BCUT2D eigenvalue weighted by Gasteiger charge is -2.57. The zero-order chi connectivity index (χ0) is 21.0. The van der Waals surface area contributed by atoms with Crippen LogP contribution in [0.3, 0.4) is 0 Å². The van der Waals surface area contributed by atoms with E-state index in [1.165, 1.54) is 6.08 Å². The molecule has 5 aliphatic rings. The minimum atomic E-state index is -1.92. The summed E-state index contributed by atoms with van der Waals surface area (Å²) in [5.74, 6) is -0.431. The topological polar surface area (TPSA) is 43.4 Å². The van der Waals surface area contributed by atoms with Crippen LogP contribution in [-0.2, 0) is 14.3 Å². The van der Waals surface area contributed by atoms with Crippen LogP contribution in [0.4, 0.5) is 0 Å². The fourth-order valence-electron chi connectivity index (χ4n) is 6.75. The molecule has 1 spiro atoms. The summed E-state index contributed by atoms with van der Waals surface area (Å²) in [4.78, 5) is 24.4. The number of hydrogen-bond donors (Lipinski definition) is 0. The van der Waals surface area contributed by atoms with Gasteiger partial charge in [0.2, 0.25) is 0 Å². The summed E-state index contributed by atoms with van der Waals surface area (Å²) in [6.45, 7) is 4.27. The van der Waals surface area contributed by atoms with E-state index in [2.05, 4.69) is 19.9 Å². The summed E-state index contributed by atoms with van der Waals surface area (Å²) in [5, 5.41) is 0. The van der Waals surface area contributed by atoms with Crippen molar-refractivity contribution < 1.29 is 19.8 Å². The predicted molar refractivity (Wildman–Crippen MR) is 94.7 cm³/mol. The second kappa shape index (κ2) is 4.86. The van der Waals surface area contributed by atoms with Crippen LogP contribution in [0.15, 0.2) is 23.8 Å². The maximum absolute atomic E-state index is 12.2. The molecule has 1 aliphatic heterocycles. The molecule has 0 unspecified atom stereocenters. The van der Waals surface area contributed by atoms with E-state index in [9.17, 15) is 9.59 Å². The molecule has 3 heteroatoms. The van der Waals surface area contributed by atoms with Gasteiger partial charge in [0.1, 0.15) is 5.60 Å². The Bertz CT molecular complexity index is 877. The third kappa shape index (κ3) is 1.88. The molecular formula is C22H28O3. The molecule has 0 aromatic heterocycles. The van der Waals surface area contributed by atoms with E-state index < -0.39 is 30.1 Å². The summed E-state index contributed by atoms with van der Waals surface area (Å²) in [6, 6.07) is 0.